The van der Waals surface area contributed by atoms with Gasteiger partial charge in [0.1, 0.15) is 4.90 Å². The molecule has 0 radical (unpaired) electrons. The minimum absolute atomic E-state index is 0.337. The maximum absolute atomic E-state index is 12.7. The summed E-state index contributed by atoms with van der Waals surface area (Å²) in [7, 11) is -3.46. The fraction of sp³-hybridized carbons (Fsp3) is 0.500. The van der Waals surface area contributed by atoms with Crippen LogP contribution in [0.2, 0.25) is 0 Å². The summed E-state index contributed by atoms with van der Waals surface area (Å²) in [5, 5.41) is 3.17. The van der Waals surface area contributed by atoms with Crippen molar-refractivity contribution in [3.05, 3.63) is 22.7 Å². The van der Waals surface area contributed by atoms with Crippen molar-refractivity contribution >= 4 is 31.6 Å². The van der Waals surface area contributed by atoms with Crippen LogP contribution in [0, 0.1) is 0 Å². The summed E-state index contributed by atoms with van der Waals surface area (Å²) in [6.45, 7) is 6.82. The Labute approximate surface area is 117 Å². The van der Waals surface area contributed by atoms with Gasteiger partial charge < -0.3 is 5.32 Å². The third-order valence-corrected chi connectivity index (χ3v) is 5.59. The van der Waals surface area contributed by atoms with Gasteiger partial charge in [0.2, 0.25) is 10.0 Å². The molecule has 0 fully saturated rings. The summed E-state index contributed by atoms with van der Waals surface area (Å²) in [4.78, 5) is 0.337. The number of rotatable bonds is 0. The molecule has 0 saturated heterocycles. The van der Waals surface area contributed by atoms with E-state index in [1.165, 1.54) is 0 Å². The molecule has 100 valence electrons. The zero-order chi connectivity index (χ0) is 13.6. The van der Waals surface area contributed by atoms with Gasteiger partial charge in [0, 0.05) is 23.1 Å². The lowest BCUT2D eigenvalue weighted by Crippen LogP contribution is -2.46. The average Bonchev–Trinajstić information content (AvgIpc) is 2.35. The molecule has 4 nitrogen and oxygen atoms in total. The van der Waals surface area contributed by atoms with E-state index < -0.39 is 15.6 Å². The second-order valence-corrected chi connectivity index (χ2v) is 8.06. The van der Waals surface area contributed by atoms with E-state index in [2.05, 4.69) is 21.2 Å². The highest BCUT2D eigenvalue weighted by Gasteiger charge is 2.36. The largest absolute Gasteiger partial charge is 0.383 e. The Morgan fingerprint density at radius 3 is 2.61 bits per heavy atom. The first kappa shape index (κ1) is 13.8. The van der Waals surface area contributed by atoms with E-state index >= 15 is 0 Å². The highest BCUT2D eigenvalue weighted by atomic mass is 79.9. The first-order valence-electron chi connectivity index (χ1n) is 5.79. The van der Waals surface area contributed by atoms with Crippen LogP contribution in [0.4, 0.5) is 5.69 Å². The van der Waals surface area contributed by atoms with Gasteiger partial charge in [0.25, 0.3) is 0 Å². The molecule has 1 aliphatic heterocycles. The topological polar surface area (TPSA) is 49.4 Å². The summed E-state index contributed by atoms with van der Waals surface area (Å²) in [5.74, 6) is 0. The van der Waals surface area contributed by atoms with Crippen LogP contribution in [0.3, 0.4) is 0 Å². The van der Waals surface area contributed by atoms with E-state index in [-0.39, 0.29) is 0 Å². The Bertz CT molecular complexity index is 564. The molecule has 0 aliphatic carbocycles. The van der Waals surface area contributed by atoms with Gasteiger partial charge in [-0.25, -0.2) is 8.42 Å². The molecule has 0 bridgehead atoms. The molecule has 1 aromatic rings. The smallest absolute Gasteiger partial charge is 0.245 e. The third-order valence-electron chi connectivity index (χ3n) is 2.89. The highest BCUT2D eigenvalue weighted by Crippen LogP contribution is 2.33. The first-order valence-corrected chi connectivity index (χ1v) is 8.02. The van der Waals surface area contributed by atoms with Gasteiger partial charge >= 0.3 is 0 Å². The molecule has 1 N–H and O–H groups in total. The number of nitrogens with zero attached hydrogens (tertiary/aromatic N) is 1. The third kappa shape index (κ3) is 2.41. The number of sulfonamides is 1. The monoisotopic (exact) mass is 332 g/mol. The van der Waals surface area contributed by atoms with Crippen LogP contribution in [0.1, 0.15) is 20.8 Å². The van der Waals surface area contributed by atoms with Gasteiger partial charge in [-0.05, 0) is 39.0 Å². The Morgan fingerprint density at radius 1 is 1.33 bits per heavy atom. The minimum Gasteiger partial charge on any atom is -0.383 e. The molecule has 0 amide bonds. The lowest BCUT2D eigenvalue weighted by atomic mass is 10.1. The Morgan fingerprint density at radius 2 is 2.00 bits per heavy atom. The summed E-state index contributed by atoms with van der Waals surface area (Å²) < 4.78 is 27.7. The van der Waals surface area contributed by atoms with Crippen LogP contribution >= 0.6 is 15.9 Å². The average molecular weight is 333 g/mol. The summed E-state index contributed by atoms with van der Waals surface area (Å²) >= 11 is 3.33. The zero-order valence-corrected chi connectivity index (χ0v) is 13.1. The highest BCUT2D eigenvalue weighted by molar-refractivity contribution is 9.10. The standard InChI is InChI=1S/C12H17BrN2O2S/c1-12(2,3)15-7-6-14-10-5-4-9(13)8-11(10)18(15,16)17/h4-5,8,14H,6-7H2,1-3H3. The number of fused-ring (bicyclic) bond motifs is 1. The van der Waals surface area contributed by atoms with Crippen molar-refractivity contribution in [2.24, 2.45) is 0 Å². The number of halogens is 1. The maximum Gasteiger partial charge on any atom is 0.245 e. The van der Waals surface area contributed by atoms with Crippen molar-refractivity contribution in [3.63, 3.8) is 0 Å². The van der Waals surface area contributed by atoms with Crippen molar-refractivity contribution in [2.45, 2.75) is 31.2 Å². The molecular weight excluding hydrogens is 316 g/mol. The van der Waals surface area contributed by atoms with E-state index in [1.54, 1.807) is 16.4 Å². The zero-order valence-electron chi connectivity index (χ0n) is 10.7. The molecule has 1 aliphatic rings. The predicted molar refractivity (Wildman–Crippen MR) is 76.3 cm³/mol. The fourth-order valence-corrected chi connectivity index (χ4v) is 4.58. The molecule has 0 saturated carbocycles. The molecular formula is C12H17BrN2O2S. The van der Waals surface area contributed by atoms with E-state index in [1.807, 2.05) is 26.8 Å². The fourth-order valence-electron chi connectivity index (χ4n) is 2.08. The van der Waals surface area contributed by atoms with Gasteiger partial charge in [-0.15, -0.1) is 0 Å². The van der Waals surface area contributed by atoms with E-state index in [9.17, 15) is 8.42 Å². The number of benzene rings is 1. The minimum atomic E-state index is -3.46. The number of nitrogens with one attached hydrogen (secondary N) is 1. The predicted octanol–water partition coefficient (Wildman–Crippen LogP) is 2.66. The molecule has 2 rings (SSSR count). The van der Waals surface area contributed by atoms with Gasteiger partial charge in [-0.2, -0.15) is 4.31 Å². The summed E-state index contributed by atoms with van der Waals surface area (Å²) in [6.07, 6.45) is 0. The summed E-state index contributed by atoms with van der Waals surface area (Å²) in [6, 6.07) is 5.29. The van der Waals surface area contributed by atoms with Crippen LogP contribution in [-0.4, -0.2) is 31.4 Å². The van der Waals surface area contributed by atoms with Gasteiger partial charge in [-0.1, -0.05) is 15.9 Å². The van der Waals surface area contributed by atoms with Crippen LogP contribution < -0.4 is 5.32 Å². The second kappa shape index (κ2) is 4.51. The molecule has 0 aromatic heterocycles. The van der Waals surface area contributed by atoms with Gasteiger partial charge in [0.15, 0.2) is 0 Å². The lowest BCUT2D eigenvalue weighted by Gasteiger charge is -2.33. The van der Waals surface area contributed by atoms with E-state index in [4.69, 9.17) is 0 Å². The Kier molecular flexibility index (Phi) is 3.46. The van der Waals surface area contributed by atoms with Crippen molar-refractivity contribution in [2.75, 3.05) is 18.4 Å². The number of anilines is 1. The van der Waals surface area contributed by atoms with Crippen molar-refractivity contribution < 1.29 is 8.42 Å². The van der Waals surface area contributed by atoms with Crippen LogP contribution in [0.15, 0.2) is 27.6 Å². The molecule has 6 heteroatoms. The number of hydrogen-bond acceptors (Lipinski definition) is 3. The maximum atomic E-state index is 12.7. The van der Waals surface area contributed by atoms with E-state index in [0.29, 0.717) is 23.7 Å². The molecule has 18 heavy (non-hydrogen) atoms. The first-order chi connectivity index (χ1) is 8.23. The molecule has 0 spiro atoms. The molecule has 0 unspecified atom stereocenters. The molecule has 0 atom stereocenters. The quantitative estimate of drug-likeness (QED) is 0.794. The van der Waals surface area contributed by atoms with Crippen LogP contribution in [0.5, 0.6) is 0 Å². The Balaban J connectivity index is 2.63. The molecule has 1 heterocycles. The lowest BCUT2D eigenvalue weighted by molar-refractivity contribution is 0.258. The normalized spacial score (nSPS) is 19.8. The second-order valence-electron chi connectivity index (χ2n) is 5.32. The van der Waals surface area contributed by atoms with Crippen molar-refractivity contribution in [1.29, 1.82) is 0 Å². The SMILES string of the molecule is CC(C)(C)N1CCNc2ccc(Br)cc2S1(=O)=O. The Hall–Kier alpha value is -0.590. The van der Waals surface area contributed by atoms with Gasteiger partial charge in [0.05, 0.1) is 5.69 Å². The van der Waals surface area contributed by atoms with Crippen molar-refractivity contribution in [3.8, 4) is 0 Å². The molecule has 1 aromatic carbocycles. The van der Waals surface area contributed by atoms with Crippen molar-refractivity contribution in [1.82, 2.24) is 4.31 Å². The number of hydrogen-bond donors (Lipinski definition) is 1. The van der Waals surface area contributed by atoms with Crippen LogP contribution in [-0.2, 0) is 10.0 Å². The van der Waals surface area contributed by atoms with Gasteiger partial charge in [-0.3, -0.25) is 0 Å². The van der Waals surface area contributed by atoms with E-state index in [0.717, 1.165) is 4.47 Å². The summed E-state index contributed by atoms with van der Waals surface area (Å²) in [5.41, 5.74) is 0.245. The van der Waals surface area contributed by atoms with Crippen LogP contribution in [0.25, 0.3) is 0 Å².